The Labute approximate surface area is 207 Å². The molecule has 34 heavy (non-hydrogen) atoms. The van der Waals surface area contributed by atoms with Crippen LogP contribution in [0.5, 0.6) is 0 Å². The number of hydrogen-bond donors (Lipinski definition) is 3. The minimum absolute atomic E-state index is 0.0538. The monoisotopic (exact) mass is 526 g/mol. The van der Waals surface area contributed by atoms with E-state index in [0.717, 1.165) is 23.3 Å². The molecule has 2 aromatic rings. The van der Waals surface area contributed by atoms with Crippen LogP contribution in [0.25, 0.3) is 0 Å². The molecular weight excluding hydrogens is 503 g/mol. The number of carbonyl (C=O) groups is 3. The van der Waals surface area contributed by atoms with Gasteiger partial charge in [-0.1, -0.05) is 48.7 Å². The Morgan fingerprint density at radius 2 is 1.76 bits per heavy atom. The van der Waals surface area contributed by atoms with E-state index in [4.69, 9.17) is 23.2 Å². The highest BCUT2D eigenvalue weighted by Gasteiger charge is 2.33. The topological polar surface area (TPSA) is 125 Å². The molecule has 3 N–H and O–H groups in total. The minimum Gasteiger partial charge on any atom is -0.337 e. The summed E-state index contributed by atoms with van der Waals surface area (Å²) in [4.78, 5) is 37.7. The van der Waals surface area contributed by atoms with Gasteiger partial charge in [-0.15, -0.1) is 0 Å². The third kappa shape index (κ3) is 6.19. The number of sulfonamides is 1. The first-order valence-electron chi connectivity index (χ1n) is 10.6. The molecule has 1 aliphatic heterocycles. The van der Waals surface area contributed by atoms with Gasteiger partial charge in [0.1, 0.15) is 0 Å². The van der Waals surface area contributed by atoms with Crippen molar-refractivity contribution in [2.45, 2.75) is 37.6 Å². The van der Waals surface area contributed by atoms with Crippen molar-refractivity contribution in [3.05, 3.63) is 63.1 Å². The zero-order valence-electron chi connectivity index (χ0n) is 18.4. The fourth-order valence-electron chi connectivity index (χ4n) is 3.33. The molecular formula is C22H24Cl2N4O5S. The maximum absolute atomic E-state index is 12.5. The molecule has 0 unspecified atom stereocenters. The molecule has 1 heterocycles. The molecule has 12 heteroatoms. The standard InChI is InChI=1S/C22H24Cl2N4O5S/c1-2-3-9-25-21(30)27-34(32,33)16-6-4-14(5-7-16)8-10-26-22(31)28-13-18-17(20(28)29)11-15(23)12-19(18)24/h4-7,11-12H,2-3,8-10,13H2,1H3,(H,26,31)(H2,25,27,30). The summed E-state index contributed by atoms with van der Waals surface area (Å²) in [6.07, 6.45) is 2.03. The molecule has 0 spiro atoms. The Bertz CT molecular complexity index is 1200. The Kier molecular flexibility index (Phi) is 8.40. The quantitative estimate of drug-likeness (QED) is 0.452. The summed E-state index contributed by atoms with van der Waals surface area (Å²) in [6, 6.07) is 7.61. The molecule has 182 valence electrons. The number of hydrogen-bond acceptors (Lipinski definition) is 5. The van der Waals surface area contributed by atoms with Crippen molar-refractivity contribution in [2.24, 2.45) is 0 Å². The first-order chi connectivity index (χ1) is 16.1. The van der Waals surface area contributed by atoms with E-state index in [0.29, 0.717) is 34.1 Å². The number of carbonyl (C=O) groups excluding carboxylic acids is 3. The average molecular weight is 527 g/mol. The van der Waals surface area contributed by atoms with E-state index in [1.54, 1.807) is 12.1 Å². The molecule has 0 aliphatic carbocycles. The third-order valence-corrected chi connectivity index (χ3v) is 7.07. The van der Waals surface area contributed by atoms with Crippen LogP contribution in [0.1, 0.15) is 41.3 Å². The van der Waals surface area contributed by atoms with E-state index in [2.05, 4.69) is 10.6 Å². The van der Waals surface area contributed by atoms with Gasteiger partial charge in [-0.2, -0.15) is 0 Å². The summed E-state index contributed by atoms with van der Waals surface area (Å²) in [5.74, 6) is -0.474. The molecule has 5 amide bonds. The van der Waals surface area contributed by atoms with E-state index >= 15 is 0 Å². The number of amides is 5. The van der Waals surface area contributed by atoms with Gasteiger partial charge in [0.25, 0.3) is 15.9 Å². The lowest BCUT2D eigenvalue weighted by molar-refractivity contribution is 0.0821. The molecule has 0 fully saturated rings. The van der Waals surface area contributed by atoms with Crippen molar-refractivity contribution >= 4 is 51.2 Å². The predicted molar refractivity (Wildman–Crippen MR) is 129 cm³/mol. The summed E-state index contributed by atoms with van der Waals surface area (Å²) < 4.78 is 26.6. The number of urea groups is 2. The molecule has 0 atom stereocenters. The number of unbranched alkanes of at least 4 members (excludes halogenated alkanes) is 1. The number of imide groups is 1. The van der Waals surface area contributed by atoms with E-state index in [9.17, 15) is 22.8 Å². The van der Waals surface area contributed by atoms with Gasteiger partial charge in [0.05, 0.1) is 11.4 Å². The number of benzene rings is 2. The van der Waals surface area contributed by atoms with Gasteiger partial charge in [-0.05, 0) is 42.7 Å². The highest BCUT2D eigenvalue weighted by molar-refractivity contribution is 7.90. The molecule has 9 nitrogen and oxygen atoms in total. The molecule has 2 aromatic carbocycles. The van der Waals surface area contributed by atoms with Crippen molar-refractivity contribution in [1.82, 2.24) is 20.3 Å². The van der Waals surface area contributed by atoms with E-state index < -0.39 is 28.0 Å². The maximum atomic E-state index is 12.5. The van der Waals surface area contributed by atoms with Gasteiger partial charge in [0.2, 0.25) is 0 Å². The Morgan fingerprint density at radius 1 is 1.06 bits per heavy atom. The molecule has 0 bridgehead atoms. The zero-order chi connectivity index (χ0) is 24.9. The Balaban J connectivity index is 1.51. The fraction of sp³-hybridized carbons (Fsp3) is 0.318. The van der Waals surface area contributed by atoms with Crippen LogP contribution in [0.4, 0.5) is 9.59 Å². The maximum Gasteiger partial charge on any atom is 0.328 e. The normalized spacial score (nSPS) is 12.9. The second-order valence-electron chi connectivity index (χ2n) is 7.65. The summed E-state index contributed by atoms with van der Waals surface area (Å²) in [5, 5.41) is 5.80. The van der Waals surface area contributed by atoms with Gasteiger partial charge in [0, 0.05) is 34.3 Å². The summed E-state index contributed by atoms with van der Waals surface area (Å²) in [7, 11) is -3.99. The van der Waals surface area contributed by atoms with Crippen molar-refractivity contribution in [3.63, 3.8) is 0 Å². The summed E-state index contributed by atoms with van der Waals surface area (Å²) >= 11 is 12.1. The number of nitrogens with one attached hydrogen (secondary N) is 3. The van der Waals surface area contributed by atoms with Crippen molar-refractivity contribution in [2.75, 3.05) is 13.1 Å². The van der Waals surface area contributed by atoms with Crippen LogP contribution in [0.2, 0.25) is 10.0 Å². The predicted octanol–water partition coefficient (Wildman–Crippen LogP) is 3.69. The Morgan fingerprint density at radius 3 is 2.44 bits per heavy atom. The van der Waals surface area contributed by atoms with Crippen LogP contribution in [0, 0.1) is 0 Å². The van der Waals surface area contributed by atoms with Crippen LogP contribution in [-0.2, 0) is 23.0 Å². The van der Waals surface area contributed by atoms with Gasteiger partial charge < -0.3 is 10.6 Å². The smallest absolute Gasteiger partial charge is 0.328 e. The first-order valence-corrected chi connectivity index (χ1v) is 12.8. The lowest BCUT2D eigenvalue weighted by Gasteiger charge is -2.15. The summed E-state index contributed by atoms with van der Waals surface area (Å²) in [6.45, 7) is 2.62. The van der Waals surface area contributed by atoms with Gasteiger partial charge >= 0.3 is 12.1 Å². The molecule has 0 saturated carbocycles. The largest absolute Gasteiger partial charge is 0.337 e. The molecule has 0 saturated heterocycles. The Hall–Kier alpha value is -2.82. The van der Waals surface area contributed by atoms with Crippen molar-refractivity contribution < 1.29 is 22.8 Å². The van der Waals surface area contributed by atoms with E-state index in [-0.39, 0.29) is 18.0 Å². The van der Waals surface area contributed by atoms with Gasteiger partial charge in [0.15, 0.2) is 0 Å². The zero-order valence-corrected chi connectivity index (χ0v) is 20.7. The third-order valence-electron chi connectivity index (χ3n) is 5.16. The van der Waals surface area contributed by atoms with Crippen molar-refractivity contribution in [1.29, 1.82) is 0 Å². The molecule has 0 aromatic heterocycles. The molecule has 0 radical (unpaired) electrons. The van der Waals surface area contributed by atoms with Crippen LogP contribution >= 0.6 is 23.2 Å². The van der Waals surface area contributed by atoms with Gasteiger partial charge in [-0.3, -0.25) is 9.69 Å². The van der Waals surface area contributed by atoms with Crippen LogP contribution < -0.4 is 15.4 Å². The average Bonchev–Trinajstić information content (AvgIpc) is 3.11. The van der Waals surface area contributed by atoms with Crippen LogP contribution in [-0.4, -0.2) is 44.4 Å². The van der Waals surface area contributed by atoms with Crippen molar-refractivity contribution in [3.8, 4) is 0 Å². The summed E-state index contributed by atoms with van der Waals surface area (Å²) in [5.41, 5.74) is 1.62. The fourth-order valence-corrected chi connectivity index (χ4v) is 4.82. The van der Waals surface area contributed by atoms with Crippen LogP contribution in [0.15, 0.2) is 41.3 Å². The van der Waals surface area contributed by atoms with E-state index in [1.165, 1.54) is 24.3 Å². The SMILES string of the molecule is CCCCNC(=O)NS(=O)(=O)c1ccc(CCNC(=O)N2Cc3c(Cl)cc(Cl)cc3C2=O)cc1. The minimum atomic E-state index is -3.99. The lowest BCUT2D eigenvalue weighted by atomic mass is 10.1. The second-order valence-corrected chi connectivity index (χ2v) is 10.2. The van der Waals surface area contributed by atoms with E-state index in [1.807, 2.05) is 11.6 Å². The number of halogens is 2. The second kappa shape index (κ2) is 11.1. The number of fused-ring (bicyclic) bond motifs is 1. The number of nitrogens with zero attached hydrogens (tertiary/aromatic N) is 1. The molecule has 1 aliphatic rings. The molecule has 3 rings (SSSR count). The highest BCUT2D eigenvalue weighted by atomic mass is 35.5. The highest BCUT2D eigenvalue weighted by Crippen LogP contribution is 2.32. The first kappa shape index (κ1) is 25.8. The van der Waals surface area contributed by atoms with Gasteiger partial charge in [-0.25, -0.2) is 22.7 Å². The number of rotatable bonds is 8. The lowest BCUT2D eigenvalue weighted by Crippen LogP contribution is -2.40. The van der Waals surface area contributed by atoms with Crippen LogP contribution in [0.3, 0.4) is 0 Å².